The lowest BCUT2D eigenvalue weighted by molar-refractivity contribution is 0.0691. The van der Waals surface area contributed by atoms with Crippen LogP contribution in [0.3, 0.4) is 0 Å². The molecule has 7 heteroatoms. The van der Waals surface area contributed by atoms with Gasteiger partial charge in [0.1, 0.15) is 11.6 Å². The summed E-state index contributed by atoms with van der Waals surface area (Å²) in [7, 11) is -0.316. The summed E-state index contributed by atoms with van der Waals surface area (Å²) in [6.45, 7) is 0. The fraction of sp³-hybridized carbons (Fsp3) is 0.125. The second-order valence-electron chi connectivity index (χ2n) is 2.61. The van der Waals surface area contributed by atoms with E-state index in [0.717, 1.165) is 12.1 Å². The highest BCUT2D eigenvalue weighted by molar-refractivity contribution is 6.35. The number of halogens is 1. The fourth-order valence-corrected chi connectivity index (χ4v) is 0.906. The molecule has 1 rings (SSSR count). The molecular weight excluding hydrogens is 206 g/mol. The van der Waals surface area contributed by atoms with Gasteiger partial charge < -0.3 is 19.4 Å². The Morgan fingerprint density at radius 2 is 2.20 bits per heavy atom. The first-order valence-corrected chi connectivity index (χ1v) is 3.95. The Labute approximate surface area is 85.2 Å². The van der Waals surface area contributed by atoms with Crippen LogP contribution in [0.15, 0.2) is 18.2 Å². The second-order valence-corrected chi connectivity index (χ2v) is 2.61. The van der Waals surface area contributed by atoms with Gasteiger partial charge in [0.2, 0.25) is 0 Å². The predicted octanol–water partition coefficient (Wildman–Crippen LogP) is 0.526. The molecule has 0 aromatic heterocycles. The van der Waals surface area contributed by atoms with Gasteiger partial charge in [-0.1, -0.05) is 0 Å². The van der Waals surface area contributed by atoms with Crippen LogP contribution in [0, 0.1) is 5.82 Å². The lowest BCUT2D eigenvalue weighted by Gasteiger charge is -2.07. The summed E-state index contributed by atoms with van der Waals surface area (Å²) in [6.07, 6.45) is 0. The normalized spacial score (nSPS) is 9.80. The topological polar surface area (TPSA) is 76.0 Å². The van der Waals surface area contributed by atoms with Gasteiger partial charge in [0, 0.05) is 7.11 Å². The van der Waals surface area contributed by atoms with Crippen LogP contribution >= 0.6 is 0 Å². The van der Waals surface area contributed by atoms with Gasteiger partial charge in [0.15, 0.2) is 0 Å². The SMILES string of the molecule is COB(O)Oc1ccc(F)c(C(=O)O)c1. The van der Waals surface area contributed by atoms with Crippen molar-refractivity contribution in [1.82, 2.24) is 0 Å². The van der Waals surface area contributed by atoms with E-state index < -0.39 is 24.7 Å². The van der Waals surface area contributed by atoms with Gasteiger partial charge in [0.25, 0.3) is 0 Å². The van der Waals surface area contributed by atoms with Gasteiger partial charge in [-0.2, -0.15) is 0 Å². The van der Waals surface area contributed by atoms with E-state index in [1.54, 1.807) is 0 Å². The summed E-state index contributed by atoms with van der Waals surface area (Å²) in [5.74, 6) is -2.28. The average Bonchev–Trinajstić information content (AvgIpc) is 2.20. The molecule has 5 nitrogen and oxygen atoms in total. The first-order chi connectivity index (χ1) is 7.04. The molecule has 15 heavy (non-hydrogen) atoms. The largest absolute Gasteiger partial charge is 0.710 e. The number of benzene rings is 1. The maximum Gasteiger partial charge on any atom is 0.710 e. The van der Waals surface area contributed by atoms with E-state index in [9.17, 15) is 9.18 Å². The fourth-order valence-electron chi connectivity index (χ4n) is 0.906. The number of aromatic carboxylic acids is 1. The summed E-state index contributed by atoms with van der Waals surface area (Å²) in [5, 5.41) is 17.5. The van der Waals surface area contributed by atoms with Crippen molar-refractivity contribution < 1.29 is 28.6 Å². The molecule has 0 saturated carbocycles. The zero-order valence-electron chi connectivity index (χ0n) is 7.81. The van der Waals surface area contributed by atoms with Crippen molar-refractivity contribution in [3.63, 3.8) is 0 Å². The van der Waals surface area contributed by atoms with Crippen LogP contribution in [0.25, 0.3) is 0 Å². The molecule has 0 heterocycles. The molecule has 0 spiro atoms. The van der Waals surface area contributed by atoms with Crippen molar-refractivity contribution in [1.29, 1.82) is 0 Å². The summed E-state index contributed by atoms with van der Waals surface area (Å²) in [5.41, 5.74) is -0.532. The van der Waals surface area contributed by atoms with Gasteiger partial charge >= 0.3 is 13.3 Å². The van der Waals surface area contributed by atoms with Crippen LogP contribution in [0.2, 0.25) is 0 Å². The number of rotatable bonds is 4. The summed E-state index contributed by atoms with van der Waals surface area (Å²) >= 11 is 0. The minimum Gasteiger partial charge on any atom is -0.512 e. The summed E-state index contributed by atoms with van der Waals surface area (Å²) < 4.78 is 22.0. The number of hydrogen-bond donors (Lipinski definition) is 2. The zero-order chi connectivity index (χ0) is 11.4. The van der Waals surface area contributed by atoms with Gasteiger partial charge in [-0.3, -0.25) is 0 Å². The molecule has 0 radical (unpaired) electrons. The van der Waals surface area contributed by atoms with Crippen molar-refractivity contribution in [2.24, 2.45) is 0 Å². The highest BCUT2D eigenvalue weighted by atomic mass is 19.1. The van der Waals surface area contributed by atoms with Gasteiger partial charge in [0.05, 0.1) is 5.56 Å². The number of hydrogen-bond acceptors (Lipinski definition) is 4. The molecule has 1 aromatic rings. The van der Waals surface area contributed by atoms with Gasteiger partial charge in [-0.05, 0) is 18.2 Å². The molecule has 0 aliphatic heterocycles. The Bertz CT molecular complexity index is 370. The summed E-state index contributed by atoms with van der Waals surface area (Å²) in [4.78, 5) is 10.5. The highest BCUT2D eigenvalue weighted by Gasteiger charge is 2.18. The minimum absolute atomic E-state index is 0.00292. The molecule has 0 fully saturated rings. The maximum atomic E-state index is 12.9. The first-order valence-electron chi connectivity index (χ1n) is 3.95. The molecule has 80 valence electrons. The standard InChI is InChI=1S/C8H8BFO5/c1-14-9(13)15-5-2-3-7(10)6(4-5)8(11)12/h2-4,13H,1H3,(H,11,12). The Morgan fingerprint density at radius 1 is 1.53 bits per heavy atom. The summed E-state index contributed by atoms with van der Waals surface area (Å²) in [6, 6.07) is 3.07. The molecule has 0 unspecified atom stereocenters. The lowest BCUT2D eigenvalue weighted by atomic mass is 10.2. The van der Waals surface area contributed by atoms with E-state index in [1.807, 2.05) is 0 Å². The predicted molar refractivity (Wildman–Crippen MR) is 49.0 cm³/mol. The van der Waals surface area contributed by atoms with Crippen molar-refractivity contribution in [2.45, 2.75) is 0 Å². The molecule has 0 bridgehead atoms. The molecule has 0 atom stereocenters. The second kappa shape index (κ2) is 4.76. The Hall–Kier alpha value is -1.60. The van der Waals surface area contributed by atoms with E-state index in [4.69, 9.17) is 14.8 Å². The van der Waals surface area contributed by atoms with E-state index in [0.29, 0.717) is 0 Å². The van der Waals surface area contributed by atoms with Crippen LogP contribution in [0.5, 0.6) is 5.75 Å². The molecule has 0 aliphatic rings. The third kappa shape index (κ3) is 2.93. The Morgan fingerprint density at radius 3 is 2.73 bits per heavy atom. The number of carboxylic acids is 1. The van der Waals surface area contributed by atoms with E-state index in [2.05, 4.69) is 4.65 Å². The maximum absolute atomic E-state index is 12.9. The Kier molecular flexibility index (Phi) is 3.65. The number of carbonyl (C=O) groups is 1. The van der Waals surface area contributed by atoms with Gasteiger partial charge in [-0.25, -0.2) is 9.18 Å². The monoisotopic (exact) mass is 214 g/mol. The van der Waals surface area contributed by atoms with E-state index in [1.165, 1.54) is 13.2 Å². The van der Waals surface area contributed by atoms with Crippen molar-refractivity contribution >= 4 is 13.3 Å². The molecule has 0 amide bonds. The molecule has 2 N–H and O–H groups in total. The van der Waals surface area contributed by atoms with Crippen LogP contribution < -0.4 is 4.65 Å². The van der Waals surface area contributed by atoms with Crippen molar-refractivity contribution in [2.75, 3.05) is 7.11 Å². The smallest absolute Gasteiger partial charge is 0.512 e. The quantitative estimate of drug-likeness (QED) is 0.714. The first kappa shape index (κ1) is 11.5. The van der Waals surface area contributed by atoms with Crippen LogP contribution in [-0.4, -0.2) is 30.5 Å². The molecule has 1 aromatic carbocycles. The molecular formula is C8H8BFO5. The van der Waals surface area contributed by atoms with Gasteiger partial charge in [-0.15, -0.1) is 0 Å². The molecule has 0 saturated heterocycles. The average molecular weight is 214 g/mol. The van der Waals surface area contributed by atoms with E-state index in [-0.39, 0.29) is 5.75 Å². The third-order valence-corrected chi connectivity index (χ3v) is 1.61. The third-order valence-electron chi connectivity index (χ3n) is 1.61. The van der Waals surface area contributed by atoms with Crippen LogP contribution in [-0.2, 0) is 4.65 Å². The molecule has 0 aliphatic carbocycles. The van der Waals surface area contributed by atoms with Crippen LogP contribution in [0.4, 0.5) is 4.39 Å². The highest BCUT2D eigenvalue weighted by Crippen LogP contribution is 2.17. The van der Waals surface area contributed by atoms with E-state index >= 15 is 0 Å². The van der Waals surface area contributed by atoms with Crippen molar-refractivity contribution in [3.05, 3.63) is 29.6 Å². The lowest BCUT2D eigenvalue weighted by Crippen LogP contribution is -2.24. The van der Waals surface area contributed by atoms with Crippen LogP contribution in [0.1, 0.15) is 10.4 Å². The Balaban J connectivity index is 2.92. The van der Waals surface area contributed by atoms with Crippen molar-refractivity contribution in [3.8, 4) is 5.75 Å². The minimum atomic E-state index is -1.52. The number of carboxylic acid groups (broad SMARTS) is 1. The zero-order valence-corrected chi connectivity index (χ0v) is 7.81.